The zero-order valence-corrected chi connectivity index (χ0v) is 10.5. The van der Waals surface area contributed by atoms with Crippen LogP contribution in [0.4, 0.5) is 0 Å². The van der Waals surface area contributed by atoms with Gasteiger partial charge in [-0.1, -0.05) is 12.1 Å². The molecule has 0 bridgehead atoms. The average molecular weight is 235 g/mol. The summed E-state index contributed by atoms with van der Waals surface area (Å²) < 4.78 is 0. The van der Waals surface area contributed by atoms with Crippen LogP contribution in [0, 0.1) is 13.8 Å². The van der Waals surface area contributed by atoms with Crippen LogP contribution in [-0.4, -0.2) is 4.98 Å². The van der Waals surface area contributed by atoms with E-state index in [1.54, 1.807) is 11.3 Å². The van der Waals surface area contributed by atoms with Crippen LogP contribution in [0.25, 0.3) is 10.6 Å². The van der Waals surface area contributed by atoms with Gasteiger partial charge in [-0.3, -0.25) is 0 Å². The van der Waals surface area contributed by atoms with Crippen LogP contribution in [0.2, 0.25) is 0 Å². The Kier molecular flexibility index (Phi) is 3.12. The highest BCUT2D eigenvalue weighted by Gasteiger charge is 2.04. The highest BCUT2D eigenvalue weighted by Crippen LogP contribution is 2.25. The number of aromatic nitrogens is 1. The minimum Gasteiger partial charge on any atom is -0.240 e. The van der Waals surface area contributed by atoms with Crippen molar-refractivity contribution < 1.29 is 0 Å². The molecule has 2 rings (SSSR count). The fourth-order valence-electron chi connectivity index (χ4n) is 1.39. The molecule has 0 fully saturated rings. The highest BCUT2D eigenvalue weighted by molar-refractivity contribution is 7.79. The standard InChI is InChI=1S/C12H13NS2/c1-8-3-4-10(5-9(8)2)12-13-11(6-14)7-15-12/h3-5,7,14H,6H2,1-2H3. The molecule has 0 spiro atoms. The number of benzene rings is 1. The van der Waals surface area contributed by atoms with Gasteiger partial charge in [-0.15, -0.1) is 11.3 Å². The Morgan fingerprint density at radius 1 is 1.27 bits per heavy atom. The molecule has 0 atom stereocenters. The summed E-state index contributed by atoms with van der Waals surface area (Å²) in [5.41, 5.74) is 4.90. The Hall–Kier alpha value is -0.800. The van der Waals surface area contributed by atoms with E-state index in [0.717, 1.165) is 10.7 Å². The lowest BCUT2D eigenvalue weighted by Crippen LogP contribution is -1.83. The van der Waals surface area contributed by atoms with Crippen molar-refractivity contribution >= 4 is 24.0 Å². The number of hydrogen-bond donors (Lipinski definition) is 1. The maximum absolute atomic E-state index is 4.51. The SMILES string of the molecule is Cc1ccc(-c2nc(CS)cs2)cc1C. The molecule has 1 aromatic carbocycles. The molecule has 2 aromatic rings. The summed E-state index contributed by atoms with van der Waals surface area (Å²) >= 11 is 5.90. The van der Waals surface area contributed by atoms with E-state index in [4.69, 9.17) is 0 Å². The van der Waals surface area contributed by atoms with Crippen molar-refractivity contribution in [1.82, 2.24) is 4.98 Å². The quantitative estimate of drug-likeness (QED) is 0.780. The first-order valence-corrected chi connectivity index (χ1v) is 6.35. The minimum absolute atomic E-state index is 0.710. The van der Waals surface area contributed by atoms with E-state index >= 15 is 0 Å². The van der Waals surface area contributed by atoms with Crippen LogP contribution < -0.4 is 0 Å². The Bertz CT molecular complexity index is 474. The smallest absolute Gasteiger partial charge is 0.123 e. The molecule has 0 aliphatic heterocycles. The molecule has 0 N–H and O–H groups in total. The highest BCUT2D eigenvalue weighted by atomic mass is 32.1. The van der Waals surface area contributed by atoms with Gasteiger partial charge in [-0.05, 0) is 31.0 Å². The first-order chi connectivity index (χ1) is 7.20. The second-order valence-corrected chi connectivity index (χ2v) is 4.78. The van der Waals surface area contributed by atoms with E-state index < -0.39 is 0 Å². The minimum atomic E-state index is 0.710. The second kappa shape index (κ2) is 4.37. The van der Waals surface area contributed by atoms with Crippen LogP contribution in [0.3, 0.4) is 0 Å². The lowest BCUT2D eigenvalue weighted by Gasteiger charge is -2.01. The second-order valence-electron chi connectivity index (χ2n) is 3.60. The lowest BCUT2D eigenvalue weighted by atomic mass is 10.1. The molecule has 1 heterocycles. The van der Waals surface area contributed by atoms with Crippen LogP contribution >= 0.6 is 24.0 Å². The zero-order chi connectivity index (χ0) is 10.8. The van der Waals surface area contributed by atoms with E-state index in [9.17, 15) is 0 Å². The van der Waals surface area contributed by atoms with Crippen molar-refractivity contribution in [2.24, 2.45) is 0 Å². The Balaban J connectivity index is 2.40. The van der Waals surface area contributed by atoms with Crippen molar-refractivity contribution in [3.63, 3.8) is 0 Å². The van der Waals surface area contributed by atoms with E-state index in [1.807, 2.05) is 0 Å². The molecule has 0 saturated heterocycles. The normalized spacial score (nSPS) is 10.6. The number of aryl methyl sites for hydroxylation is 2. The summed E-state index contributed by atoms with van der Waals surface area (Å²) in [5.74, 6) is 0.710. The zero-order valence-electron chi connectivity index (χ0n) is 8.82. The molecule has 3 heteroatoms. The first kappa shape index (κ1) is 10.7. The molecule has 0 aliphatic carbocycles. The Morgan fingerprint density at radius 3 is 2.67 bits per heavy atom. The predicted molar refractivity (Wildman–Crippen MR) is 69.7 cm³/mol. The molecule has 0 radical (unpaired) electrons. The van der Waals surface area contributed by atoms with E-state index in [-0.39, 0.29) is 0 Å². The average Bonchev–Trinajstić information content (AvgIpc) is 2.70. The summed E-state index contributed by atoms with van der Waals surface area (Å²) in [6.07, 6.45) is 0. The van der Waals surface area contributed by atoms with Crippen molar-refractivity contribution in [1.29, 1.82) is 0 Å². The molecule has 0 unspecified atom stereocenters. The summed E-state index contributed by atoms with van der Waals surface area (Å²) in [4.78, 5) is 4.51. The summed E-state index contributed by atoms with van der Waals surface area (Å²) in [6.45, 7) is 4.26. The molecule has 0 saturated carbocycles. The largest absolute Gasteiger partial charge is 0.240 e. The summed E-state index contributed by atoms with van der Waals surface area (Å²) in [5, 5.41) is 3.15. The van der Waals surface area contributed by atoms with Crippen LogP contribution in [0.5, 0.6) is 0 Å². The van der Waals surface area contributed by atoms with Crippen molar-refractivity contribution in [2.75, 3.05) is 0 Å². The fraction of sp³-hybridized carbons (Fsp3) is 0.250. The van der Waals surface area contributed by atoms with Crippen molar-refractivity contribution in [3.05, 3.63) is 40.4 Å². The fourth-order valence-corrected chi connectivity index (χ4v) is 2.49. The summed E-state index contributed by atoms with van der Waals surface area (Å²) in [6, 6.07) is 6.46. The monoisotopic (exact) mass is 235 g/mol. The maximum atomic E-state index is 4.51. The molecular formula is C12H13NS2. The Labute approximate surface area is 99.6 Å². The van der Waals surface area contributed by atoms with Crippen molar-refractivity contribution in [2.45, 2.75) is 19.6 Å². The van der Waals surface area contributed by atoms with Crippen LogP contribution in [0.1, 0.15) is 16.8 Å². The van der Waals surface area contributed by atoms with Gasteiger partial charge in [0.1, 0.15) is 5.01 Å². The van der Waals surface area contributed by atoms with Gasteiger partial charge in [0.15, 0.2) is 0 Å². The third-order valence-corrected chi connectivity index (χ3v) is 3.73. The third kappa shape index (κ3) is 2.24. The molecule has 0 aliphatic rings. The van der Waals surface area contributed by atoms with Gasteiger partial charge in [-0.25, -0.2) is 4.98 Å². The van der Waals surface area contributed by atoms with Crippen LogP contribution in [-0.2, 0) is 5.75 Å². The number of hydrogen-bond acceptors (Lipinski definition) is 3. The Morgan fingerprint density at radius 2 is 2.07 bits per heavy atom. The van der Waals surface area contributed by atoms with Gasteiger partial charge in [-0.2, -0.15) is 12.6 Å². The molecule has 1 nitrogen and oxygen atoms in total. The van der Waals surface area contributed by atoms with E-state index in [0.29, 0.717) is 5.75 Å². The van der Waals surface area contributed by atoms with Gasteiger partial charge in [0.05, 0.1) is 5.69 Å². The topological polar surface area (TPSA) is 12.9 Å². The number of rotatable bonds is 2. The lowest BCUT2D eigenvalue weighted by molar-refractivity contribution is 1.24. The van der Waals surface area contributed by atoms with Gasteiger partial charge < -0.3 is 0 Å². The van der Waals surface area contributed by atoms with E-state index in [2.05, 4.69) is 55.0 Å². The van der Waals surface area contributed by atoms with Gasteiger partial charge in [0.2, 0.25) is 0 Å². The first-order valence-electron chi connectivity index (χ1n) is 4.83. The number of thiol groups is 1. The summed E-state index contributed by atoms with van der Waals surface area (Å²) in [7, 11) is 0. The van der Waals surface area contributed by atoms with Crippen LogP contribution in [0.15, 0.2) is 23.6 Å². The predicted octanol–water partition coefficient (Wildman–Crippen LogP) is 3.86. The van der Waals surface area contributed by atoms with Gasteiger partial charge in [0, 0.05) is 16.7 Å². The van der Waals surface area contributed by atoms with E-state index in [1.165, 1.54) is 16.7 Å². The molecule has 78 valence electrons. The third-order valence-electron chi connectivity index (χ3n) is 2.47. The van der Waals surface area contributed by atoms with Gasteiger partial charge in [0.25, 0.3) is 0 Å². The maximum Gasteiger partial charge on any atom is 0.123 e. The van der Waals surface area contributed by atoms with Gasteiger partial charge >= 0.3 is 0 Å². The van der Waals surface area contributed by atoms with Crippen molar-refractivity contribution in [3.8, 4) is 10.6 Å². The number of nitrogens with zero attached hydrogens (tertiary/aromatic N) is 1. The molecule has 0 amide bonds. The molecule has 15 heavy (non-hydrogen) atoms. The molecule has 1 aromatic heterocycles. The molecular weight excluding hydrogens is 222 g/mol. The number of thiazole rings is 1.